The van der Waals surface area contributed by atoms with E-state index in [9.17, 15) is 10.1 Å². The summed E-state index contributed by atoms with van der Waals surface area (Å²) >= 11 is 8.51. The predicted molar refractivity (Wildman–Crippen MR) is 123 cm³/mol. The van der Waals surface area contributed by atoms with Gasteiger partial charge in [0, 0.05) is 32.7 Å². The standard InChI is InChI=1S/C22H19Br2N3OS/c1-22(2)9-15-20(16(28)10-22)19(17-7-8-18(24)29-17)14(11-25)21(26)27(15)13-5-3-12(23)4-6-13/h3-8,19H,9-10,26H2,1-2H3. The number of hydrogen-bond donors (Lipinski definition) is 1. The van der Waals surface area contributed by atoms with Crippen molar-refractivity contribution in [2.24, 2.45) is 11.1 Å². The predicted octanol–water partition coefficient (Wildman–Crippen LogP) is 6.21. The fourth-order valence-electron chi connectivity index (χ4n) is 4.16. The molecule has 1 unspecified atom stereocenters. The summed E-state index contributed by atoms with van der Waals surface area (Å²) in [7, 11) is 0. The molecule has 1 aromatic carbocycles. The van der Waals surface area contributed by atoms with E-state index in [1.165, 1.54) is 11.3 Å². The summed E-state index contributed by atoms with van der Waals surface area (Å²) in [6.45, 7) is 4.20. The smallest absolute Gasteiger partial charge is 0.162 e. The van der Waals surface area contributed by atoms with E-state index in [0.717, 1.165) is 24.5 Å². The number of allylic oxidation sites excluding steroid dienone is 3. The van der Waals surface area contributed by atoms with Crippen LogP contribution < -0.4 is 10.6 Å². The van der Waals surface area contributed by atoms with Crippen LogP contribution in [-0.2, 0) is 4.79 Å². The second-order valence-electron chi connectivity index (χ2n) is 8.10. The van der Waals surface area contributed by atoms with Crippen LogP contribution in [-0.4, -0.2) is 5.78 Å². The molecule has 0 bridgehead atoms. The topological polar surface area (TPSA) is 70.1 Å². The van der Waals surface area contributed by atoms with Crippen molar-refractivity contribution >= 4 is 54.7 Å². The molecular formula is C22H19Br2N3OS. The number of rotatable bonds is 2. The van der Waals surface area contributed by atoms with E-state index < -0.39 is 5.92 Å². The van der Waals surface area contributed by atoms with E-state index in [0.29, 0.717) is 29.8 Å². The summed E-state index contributed by atoms with van der Waals surface area (Å²) in [5, 5.41) is 10.0. The Balaban J connectivity index is 1.99. The minimum Gasteiger partial charge on any atom is -0.384 e. The van der Waals surface area contributed by atoms with E-state index in [1.807, 2.05) is 41.3 Å². The summed E-state index contributed by atoms with van der Waals surface area (Å²) in [4.78, 5) is 16.2. The first-order chi connectivity index (χ1) is 13.7. The van der Waals surface area contributed by atoms with Crippen LogP contribution in [0.3, 0.4) is 0 Å². The number of benzene rings is 1. The molecule has 148 valence electrons. The number of nitrogens with two attached hydrogens (primary N) is 1. The number of carbonyl (C=O) groups excluding carboxylic acids is 1. The Morgan fingerprint density at radius 2 is 1.86 bits per heavy atom. The zero-order valence-corrected chi connectivity index (χ0v) is 20.0. The van der Waals surface area contributed by atoms with Crippen molar-refractivity contribution in [3.8, 4) is 6.07 Å². The molecule has 0 fully saturated rings. The van der Waals surface area contributed by atoms with Crippen molar-refractivity contribution in [2.75, 3.05) is 4.90 Å². The third kappa shape index (κ3) is 3.58. The Morgan fingerprint density at radius 1 is 1.17 bits per heavy atom. The van der Waals surface area contributed by atoms with Crippen molar-refractivity contribution in [3.63, 3.8) is 0 Å². The monoisotopic (exact) mass is 531 g/mol. The van der Waals surface area contributed by atoms with Gasteiger partial charge >= 0.3 is 0 Å². The van der Waals surface area contributed by atoms with Crippen LogP contribution in [0.25, 0.3) is 0 Å². The maximum Gasteiger partial charge on any atom is 0.162 e. The van der Waals surface area contributed by atoms with E-state index in [2.05, 4.69) is 51.8 Å². The summed E-state index contributed by atoms with van der Waals surface area (Å²) in [6, 6.07) is 14.0. The normalized spacial score (nSPS) is 21.3. The molecule has 1 aliphatic heterocycles. The van der Waals surface area contributed by atoms with Crippen LogP contribution in [0.4, 0.5) is 5.69 Å². The molecule has 0 spiro atoms. The molecule has 4 nitrogen and oxygen atoms in total. The maximum absolute atomic E-state index is 13.4. The highest BCUT2D eigenvalue weighted by molar-refractivity contribution is 9.11. The largest absolute Gasteiger partial charge is 0.384 e. The minimum atomic E-state index is -0.415. The minimum absolute atomic E-state index is 0.0909. The molecule has 7 heteroatoms. The number of thiophene rings is 1. The van der Waals surface area contributed by atoms with Crippen LogP contribution in [0.2, 0.25) is 0 Å². The number of hydrogen-bond acceptors (Lipinski definition) is 5. The molecule has 2 aliphatic rings. The molecule has 1 aliphatic carbocycles. The van der Waals surface area contributed by atoms with Gasteiger partial charge in [-0.15, -0.1) is 11.3 Å². The maximum atomic E-state index is 13.4. The van der Waals surface area contributed by atoms with Gasteiger partial charge in [0.05, 0.1) is 21.3 Å². The SMILES string of the molecule is CC1(C)CC(=O)C2=C(C1)N(c1ccc(Br)cc1)C(N)=C(C#N)C2c1ccc(Br)s1. The number of halogens is 2. The second kappa shape index (κ2) is 7.42. The van der Waals surface area contributed by atoms with Gasteiger partial charge in [0.15, 0.2) is 5.78 Å². The van der Waals surface area contributed by atoms with Gasteiger partial charge in [-0.05, 0) is 64.2 Å². The van der Waals surface area contributed by atoms with Crippen LogP contribution >= 0.6 is 43.2 Å². The molecule has 0 saturated heterocycles. The number of anilines is 1. The third-order valence-electron chi connectivity index (χ3n) is 5.34. The Hall–Kier alpha value is -1.88. The molecule has 4 rings (SSSR count). The lowest BCUT2D eigenvalue weighted by Gasteiger charge is -2.43. The molecule has 1 aromatic heterocycles. The van der Waals surface area contributed by atoms with Gasteiger partial charge < -0.3 is 5.73 Å². The number of carbonyl (C=O) groups is 1. The van der Waals surface area contributed by atoms with Gasteiger partial charge in [-0.2, -0.15) is 5.26 Å². The summed E-state index contributed by atoms with van der Waals surface area (Å²) in [5.74, 6) is 0.0725. The van der Waals surface area contributed by atoms with Gasteiger partial charge in [-0.25, -0.2) is 0 Å². The zero-order chi connectivity index (χ0) is 20.9. The molecule has 2 heterocycles. The zero-order valence-electron chi connectivity index (χ0n) is 16.0. The Kier molecular flexibility index (Phi) is 5.22. The van der Waals surface area contributed by atoms with Gasteiger partial charge in [0.2, 0.25) is 0 Å². The summed E-state index contributed by atoms with van der Waals surface area (Å²) in [6.07, 6.45) is 1.17. The first-order valence-corrected chi connectivity index (χ1v) is 11.6. The number of ketones is 1. The third-order valence-corrected chi connectivity index (χ3v) is 7.56. The van der Waals surface area contributed by atoms with Gasteiger partial charge in [-0.1, -0.05) is 29.8 Å². The average Bonchev–Trinajstić information content (AvgIpc) is 3.07. The lowest BCUT2D eigenvalue weighted by molar-refractivity contribution is -0.118. The highest BCUT2D eigenvalue weighted by Gasteiger charge is 2.45. The highest BCUT2D eigenvalue weighted by Crippen LogP contribution is 2.51. The Bertz CT molecular complexity index is 1110. The van der Waals surface area contributed by atoms with E-state index in [1.54, 1.807) is 0 Å². The molecule has 0 saturated carbocycles. The summed E-state index contributed by atoms with van der Waals surface area (Å²) in [5.41, 5.74) is 9.30. The Labute approximate surface area is 191 Å². The average molecular weight is 533 g/mol. The van der Waals surface area contributed by atoms with Crippen molar-refractivity contribution in [3.05, 3.63) is 72.2 Å². The van der Waals surface area contributed by atoms with Gasteiger partial charge in [0.1, 0.15) is 5.82 Å². The molecule has 2 N–H and O–H groups in total. The van der Waals surface area contributed by atoms with Gasteiger partial charge in [-0.3, -0.25) is 9.69 Å². The van der Waals surface area contributed by atoms with Crippen molar-refractivity contribution in [2.45, 2.75) is 32.6 Å². The fraction of sp³-hybridized carbons (Fsp3) is 0.273. The van der Waals surface area contributed by atoms with Crippen molar-refractivity contribution in [1.29, 1.82) is 5.26 Å². The van der Waals surface area contributed by atoms with E-state index in [4.69, 9.17) is 5.73 Å². The van der Waals surface area contributed by atoms with Crippen LogP contribution in [0.1, 0.15) is 37.5 Å². The molecule has 2 aromatic rings. The lowest BCUT2D eigenvalue weighted by Crippen LogP contribution is -2.42. The van der Waals surface area contributed by atoms with Crippen LogP contribution in [0, 0.1) is 16.7 Å². The number of nitriles is 1. The molecule has 29 heavy (non-hydrogen) atoms. The summed E-state index contributed by atoms with van der Waals surface area (Å²) < 4.78 is 1.92. The van der Waals surface area contributed by atoms with Crippen molar-refractivity contribution in [1.82, 2.24) is 0 Å². The van der Waals surface area contributed by atoms with Crippen molar-refractivity contribution < 1.29 is 4.79 Å². The molecule has 0 amide bonds. The van der Waals surface area contributed by atoms with E-state index in [-0.39, 0.29) is 11.2 Å². The van der Waals surface area contributed by atoms with Crippen LogP contribution in [0.15, 0.2) is 67.3 Å². The molecular weight excluding hydrogens is 514 g/mol. The fourth-order valence-corrected chi connectivity index (χ4v) is 5.97. The Morgan fingerprint density at radius 3 is 2.45 bits per heavy atom. The molecule has 0 radical (unpaired) electrons. The van der Waals surface area contributed by atoms with E-state index >= 15 is 0 Å². The number of Topliss-reactive ketones (excluding diaryl/α,β-unsaturated/α-hetero) is 1. The quantitative estimate of drug-likeness (QED) is 0.498. The highest BCUT2D eigenvalue weighted by atomic mass is 79.9. The first-order valence-electron chi connectivity index (χ1n) is 9.19. The number of nitrogens with zero attached hydrogens (tertiary/aromatic N) is 2. The van der Waals surface area contributed by atoms with Gasteiger partial charge in [0.25, 0.3) is 0 Å². The van der Waals surface area contributed by atoms with Crippen LogP contribution in [0.5, 0.6) is 0 Å². The second-order valence-corrected chi connectivity index (χ2v) is 11.5. The first kappa shape index (κ1) is 20.4. The lowest BCUT2D eigenvalue weighted by atomic mass is 9.69. The molecule has 1 atom stereocenters.